The molecule has 0 N–H and O–H groups in total. The monoisotopic (exact) mass is 296 g/mol. The highest BCUT2D eigenvalue weighted by molar-refractivity contribution is 5.95. The van der Waals surface area contributed by atoms with Gasteiger partial charge >= 0.3 is 5.97 Å². The van der Waals surface area contributed by atoms with Gasteiger partial charge in [0.05, 0.1) is 16.6 Å². The zero-order valence-electron chi connectivity index (χ0n) is 11.8. The fourth-order valence-corrected chi connectivity index (χ4v) is 1.97. The van der Waals surface area contributed by atoms with Crippen molar-refractivity contribution in [1.29, 1.82) is 5.26 Å². The molecule has 0 heterocycles. The second-order valence-electron chi connectivity index (χ2n) is 4.61. The van der Waals surface area contributed by atoms with Crippen LogP contribution in [0.15, 0.2) is 42.5 Å². The maximum atomic E-state index is 12.1. The van der Waals surface area contributed by atoms with Crippen molar-refractivity contribution in [2.24, 2.45) is 0 Å². The van der Waals surface area contributed by atoms with Gasteiger partial charge in [0.2, 0.25) is 0 Å². The van der Waals surface area contributed by atoms with E-state index in [2.05, 4.69) is 0 Å². The molecule has 0 amide bonds. The first kappa shape index (κ1) is 15.2. The van der Waals surface area contributed by atoms with Crippen molar-refractivity contribution in [2.45, 2.75) is 13.5 Å². The van der Waals surface area contributed by atoms with Crippen LogP contribution in [0.2, 0.25) is 0 Å². The molecule has 22 heavy (non-hydrogen) atoms. The van der Waals surface area contributed by atoms with Crippen LogP contribution in [-0.4, -0.2) is 10.9 Å². The van der Waals surface area contributed by atoms with Crippen molar-refractivity contribution < 1.29 is 14.5 Å². The van der Waals surface area contributed by atoms with Gasteiger partial charge in [-0.05, 0) is 30.2 Å². The van der Waals surface area contributed by atoms with E-state index in [1.807, 2.05) is 6.07 Å². The summed E-state index contributed by atoms with van der Waals surface area (Å²) in [5, 5.41) is 19.7. The molecule has 0 spiro atoms. The number of carbonyl (C=O) groups is 1. The second-order valence-corrected chi connectivity index (χ2v) is 4.61. The van der Waals surface area contributed by atoms with Gasteiger partial charge in [0.1, 0.15) is 12.2 Å². The molecule has 0 saturated carbocycles. The lowest BCUT2D eigenvalue weighted by atomic mass is 10.1. The minimum Gasteiger partial charge on any atom is -0.457 e. The standard InChI is InChI=1S/C16H12N2O4/c1-11-3-2-4-14(18(20)21)15(11)16(19)22-10-13-7-5-12(9-17)6-8-13/h2-8H,10H2,1H3. The highest BCUT2D eigenvalue weighted by Gasteiger charge is 2.23. The maximum Gasteiger partial charge on any atom is 0.345 e. The minimum absolute atomic E-state index is 0.0178. The summed E-state index contributed by atoms with van der Waals surface area (Å²) in [4.78, 5) is 22.5. The third-order valence-electron chi connectivity index (χ3n) is 3.10. The second kappa shape index (κ2) is 6.50. The van der Waals surface area contributed by atoms with E-state index >= 15 is 0 Å². The van der Waals surface area contributed by atoms with E-state index in [-0.39, 0.29) is 17.9 Å². The van der Waals surface area contributed by atoms with Crippen LogP contribution in [0, 0.1) is 28.4 Å². The lowest BCUT2D eigenvalue weighted by Crippen LogP contribution is -2.10. The van der Waals surface area contributed by atoms with E-state index in [0.29, 0.717) is 16.7 Å². The summed E-state index contributed by atoms with van der Waals surface area (Å²) in [5.41, 5.74) is 1.37. The predicted molar refractivity (Wildman–Crippen MR) is 78.1 cm³/mol. The van der Waals surface area contributed by atoms with Gasteiger partial charge in [-0.15, -0.1) is 0 Å². The highest BCUT2D eigenvalue weighted by atomic mass is 16.6. The number of rotatable bonds is 4. The molecular weight excluding hydrogens is 284 g/mol. The van der Waals surface area contributed by atoms with E-state index < -0.39 is 10.9 Å². The van der Waals surface area contributed by atoms with Crippen molar-refractivity contribution in [2.75, 3.05) is 0 Å². The zero-order chi connectivity index (χ0) is 16.1. The van der Waals surface area contributed by atoms with Crippen molar-refractivity contribution in [3.8, 4) is 6.07 Å². The zero-order valence-corrected chi connectivity index (χ0v) is 11.8. The van der Waals surface area contributed by atoms with Gasteiger partial charge in [0.15, 0.2) is 0 Å². The van der Waals surface area contributed by atoms with Gasteiger partial charge < -0.3 is 4.74 Å². The number of hydrogen-bond acceptors (Lipinski definition) is 5. The number of benzene rings is 2. The topological polar surface area (TPSA) is 93.2 Å². The number of ether oxygens (including phenoxy) is 1. The third-order valence-corrected chi connectivity index (χ3v) is 3.10. The quantitative estimate of drug-likeness (QED) is 0.491. The highest BCUT2D eigenvalue weighted by Crippen LogP contribution is 2.23. The largest absolute Gasteiger partial charge is 0.457 e. The molecule has 110 valence electrons. The molecule has 0 radical (unpaired) electrons. The number of hydrogen-bond donors (Lipinski definition) is 0. The van der Waals surface area contributed by atoms with Crippen LogP contribution >= 0.6 is 0 Å². The molecule has 0 bridgehead atoms. The Hall–Kier alpha value is -3.20. The van der Waals surface area contributed by atoms with Crippen molar-refractivity contribution in [3.05, 3.63) is 74.8 Å². The third kappa shape index (κ3) is 3.27. The summed E-state index contributed by atoms with van der Waals surface area (Å²) in [6.45, 7) is 1.60. The number of nitro benzene ring substituents is 1. The first-order chi connectivity index (χ1) is 10.5. The van der Waals surface area contributed by atoms with Crippen LogP contribution in [0.25, 0.3) is 0 Å². The molecule has 0 aliphatic carbocycles. The molecular formula is C16H12N2O4. The summed E-state index contributed by atoms with van der Waals surface area (Å²) in [5.74, 6) is -0.742. The van der Waals surface area contributed by atoms with E-state index in [9.17, 15) is 14.9 Å². The SMILES string of the molecule is Cc1cccc([N+](=O)[O-])c1C(=O)OCc1ccc(C#N)cc1. The Morgan fingerprint density at radius 2 is 1.95 bits per heavy atom. The number of aryl methyl sites for hydroxylation is 1. The first-order valence-corrected chi connectivity index (χ1v) is 6.43. The molecule has 0 aliphatic heterocycles. The minimum atomic E-state index is -0.742. The molecule has 0 fully saturated rings. The number of nitrogens with zero attached hydrogens (tertiary/aromatic N) is 2. The summed E-state index contributed by atoms with van der Waals surface area (Å²) >= 11 is 0. The van der Waals surface area contributed by atoms with Crippen LogP contribution in [0.4, 0.5) is 5.69 Å². The summed E-state index contributed by atoms with van der Waals surface area (Å²) in [7, 11) is 0. The fourth-order valence-electron chi connectivity index (χ4n) is 1.97. The van der Waals surface area contributed by atoms with Crippen LogP contribution in [0.1, 0.15) is 27.0 Å². The van der Waals surface area contributed by atoms with E-state index in [1.165, 1.54) is 12.1 Å². The average molecular weight is 296 g/mol. The van der Waals surface area contributed by atoms with E-state index in [1.54, 1.807) is 37.3 Å². The average Bonchev–Trinajstić information content (AvgIpc) is 2.52. The number of carbonyl (C=O) groups excluding carboxylic acids is 1. The molecule has 0 atom stereocenters. The number of nitro groups is 1. The van der Waals surface area contributed by atoms with E-state index in [0.717, 1.165) is 0 Å². The molecule has 0 unspecified atom stereocenters. The van der Waals surface area contributed by atoms with Crippen molar-refractivity contribution >= 4 is 11.7 Å². The Bertz CT molecular complexity index is 761. The summed E-state index contributed by atoms with van der Waals surface area (Å²) in [6, 6.07) is 12.9. The normalized spacial score (nSPS) is 9.82. The smallest absolute Gasteiger partial charge is 0.345 e. The van der Waals surface area contributed by atoms with E-state index in [4.69, 9.17) is 10.00 Å². The van der Waals surface area contributed by atoms with Gasteiger partial charge in [-0.2, -0.15) is 5.26 Å². The molecule has 6 heteroatoms. The Kier molecular flexibility index (Phi) is 4.49. The lowest BCUT2D eigenvalue weighted by Gasteiger charge is -2.08. The Labute approximate surface area is 126 Å². The van der Waals surface area contributed by atoms with Crippen molar-refractivity contribution in [3.63, 3.8) is 0 Å². The summed E-state index contributed by atoms with van der Waals surface area (Å²) < 4.78 is 5.13. The Balaban J connectivity index is 2.16. The van der Waals surface area contributed by atoms with Crippen LogP contribution in [0.5, 0.6) is 0 Å². The van der Waals surface area contributed by atoms with Crippen LogP contribution in [0.3, 0.4) is 0 Å². The Morgan fingerprint density at radius 3 is 2.55 bits per heavy atom. The van der Waals surface area contributed by atoms with Gasteiger partial charge in [-0.1, -0.05) is 24.3 Å². The van der Waals surface area contributed by atoms with Gasteiger partial charge in [0, 0.05) is 6.07 Å². The van der Waals surface area contributed by atoms with Gasteiger partial charge in [0.25, 0.3) is 5.69 Å². The molecule has 2 rings (SSSR count). The van der Waals surface area contributed by atoms with Crippen molar-refractivity contribution in [1.82, 2.24) is 0 Å². The van der Waals surface area contributed by atoms with Crippen LogP contribution < -0.4 is 0 Å². The fraction of sp³-hybridized carbons (Fsp3) is 0.125. The van der Waals surface area contributed by atoms with Gasteiger partial charge in [-0.25, -0.2) is 4.79 Å². The van der Waals surface area contributed by atoms with Gasteiger partial charge in [-0.3, -0.25) is 10.1 Å². The molecule has 0 aliphatic rings. The maximum absolute atomic E-state index is 12.1. The Morgan fingerprint density at radius 1 is 1.27 bits per heavy atom. The summed E-state index contributed by atoms with van der Waals surface area (Å²) in [6.07, 6.45) is 0. The molecule has 2 aromatic carbocycles. The lowest BCUT2D eigenvalue weighted by molar-refractivity contribution is -0.385. The van der Waals surface area contributed by atoms with Crippen LogP contribution in [-0.2, 0) is 11.3 Å². The first-order valence-electron chi connectivity index (χ1n) is 6.43. The molecule has 0 saturated heterocycles. The molecule has 2 aromatic rings. The predicted octanol–water partition coefficient (Wildman–Crippen LogP) is 3.13. The number of esters is 1. The number of nitriles is 1. The molecule has 6 nitrogen and oxygen atoms in total. The molecule has 0 aromatic heterocycles.